The van der Waals surface area contributed by atoms with Crippen LogP contribution in [0.3, 0.4) is 0 Å². The van der Waals surface area contributed by atoms with Gasteiger partial charge in [-0.1, -0.05) is 6.07 Å². The van der Waals surface area contributed by atoms with Gasteiger partial charge < -0.3 is 40.1 Å². The first-order chi connectivity index (χ1) is 16.5. The average Bonchev–Trinajstić information content (AvgIpc) is 2.80. The second-order valence-electron chi connectivity index (χ2n) is 8.25. The maximum Gasteiger partial charge on any atom is 0.338 e. The summed E-state index contributed by atoms with van der Waals surface area (Å²) in [5.74, 6) is -4.65. The van der Waals surface area contributed by atoms with E-state index in [-0.39, 0.29) is 46.8 Å². The number of carbonyl (C=O) groups excluding carboxylic acids is 2. The van der Waals surface area contributed by atoms with Gasteiger partial charge >= 0.3 is 11.9 Å². The number of fused-ring (bicyclic) bond motifs is 1. The molecule has 0 saturated heterocycles. The summed E-state index contributed by atoms with van der Waals surface area (Å²) in [5, 5.41) is 58.6. The number of phenolic OH excluding ortho intramolecular Hbond substituents is 6. The van der Waals surface area contributed by atoms with Gasteiger partial charge in [-0.05, 0) is 54.4 Å². The summed E-state index contributed by atoms with van der Waals surface area (Å²) in [7, 11) is 0. The molecule has 3 aromatic rings. The van der Waals surface area contributed by atoms with E-state index < -0.39 is 41.4 Å². The van der Waals surface area contributed by atoms with E-state index in [1.807, 2.05) is 0 Å². The van der Waals surface area contributed by atoms with Crippen molar-refractivity contribution in [1.29, 1.82) is 0 Å². The molecule has 0 unspecified atom stereocenters. The Morgan fingerprint density at radius 2 is 1.14 bits per heavy atom. The van der Waals surface area contributed by atoms with Crippen LogP contribution in [0.4, 0.5) is 0 Å². The Kier molecular flexibility index (Phi) is 6.04. The summed E-state index contributed by atoms with van der Waals surface area (Å²) in [4.78, 5) is 25.6. The van der Waals surface area contributed by atoms with Crippen LogP contribution in [-0.4, -0.2) is 54.8 Å². The molecule has 4 rings (SSSR count). The third-order valence-electron chi connectivity index (χ3n) is 5.86. The van der Waals surface area contributed by atoms with Crippen molar-refractivity contribution in [2.45, 2.75) is 32.0 Å². The van der Waals surface area contributed by atoms with Crippen LogP contribution in [0.2, 0.25) is 0 Å². The Bertz CT molecular complexity index is 1280. The number of rotatable bonds is 4. The van der Waals surface area contributed by atoms with E-state index in [0.717, 1.165) is 29.8 Å². The molecule has 0 bridgehead atoms. The molecule has 35 heavy (non-hydrogen) atoms. The minimum atomic E-state index is -1.01. The highest BCUT2D eigenvalue weighted by molar-refractivity contribution is 5.92. The molecule has 0 radical (unpaired) electrons. The predicted molar refractivity (Wildman–Crippen MR) is 120 cm³/mol. The lowest BCUT2D eigenvalue weighted by molar-refractivity contribution is -0.0390. The van der Waals surface area contributed by atoms with Crippen LogP contribution in [0.5, 0.6) is 34.5 Å². The number of aromatic hydroxyl groups is 6. The number of benzene rings is 3. The molecule has 0 aromatic heterocycles. The van der Waals surface area contributed by atoms with Crippen LogP contribution in [0.25, 0.3) is 0 Å². The summed E-state index contributed by atoms with van der Waals surface area (Å²) < 4.78 is 11.1. The molecular weight excluding hydrogens is 460 g/mol. The highest BCUT2D eigenvalue weighted by Gasteiger charge is 2.35. The van der Waals surface area contributed by atoms with Crippen molar-refractivity contribution in [2.24, 2.45) is 0 Å². The smallest absolute Gasteiger partial charge is 0.338 e. The number of carbonyl (C=O) groups is 2. The van der Waals surface area contributed by atoms with Crippen LogP contribution < -0.4 is 0 Å². The molecule has 0 heterocycles. The highest BCUT2D eigenvalue weighted by Crippen LogP contribution is 2.36. The zero-order valence-corrected chi connectivity index (χ0v) is 18.4. The van der Waals surface area contributed by atoms with E-state index >= 15 is 0 Å². The minimum absolute atomic E-state index is 0.00712. The summed E-state index contributed by atoms with van der Waals surface area (Å²) in [6, 6.07) is 8.76. The van der Waals surface area contributed by atoms with Crippen molar-refractivity contribution in [3.8, 4) is 34.5 Å². The molecule has 10 heteroatoms. The molecule has 2 atom stereocenters. The van der Waals surface area contributed by atoms with Gasteiger partial charge in [-0.25, -0.2) is 9.59 Å². The van der Waals surface area contributed by atoms with E-state index in [1.54, 1.807) is 6.07 Å². The van der Waals surface area contributed by atoms with Gasteiger partial charge in [0.15, 0.2) is 17.2 Å². The van der Waals surface area contributed by atoms with Gasteiger partial charge in [0.1, 0.15) is 29.5 Å². The molecule has 0 fully saturated rings. The maximum atomic E-state index is 12.8. The summed E-state index contributed by atoms with van der Waals surface area (Å²) >= 11 is 0. The van der Waals surface area contributed by atoms with Crippen LogP contribution in [0.15, 0.2) is 42.5 Å². The molecule has 0 saturated carbocycles. The van der Waals surface area contributed by atoms with E-state index in [9.17, 15) is 40.2 Å². The lowest BCUT2D eigenvalue weighted by Crippen LogP contribution is -2.41. The highest BCUT2D eigenvalue weighted by atomic mass is 16.6. The average molecular weight is 482 g/mol. The first-order valence-electron chi connectivity index (χ1n) is 10.5. The summed E-state index contributed by atoms with van der Waals surface area (Å²) in [6.07, 6.45) is -1.79. The van der Waals surface area contributed by atoms with Crippen molar-refractivity contribution in [1.82, 2.24) is 0 Å². The number of ether oxygens (including phenoxy) is 2. The van der Waals surface area contributed by atoms with E-state index in [2.05, 4.69) is 0 Å². The zero-order valence-electron chi connectivity index (χ0n) is 18.4. The number of hydrogen-bond donors (Lipinski definition) is 6. The van der Waals surface area contributed by atoms with Gasteiger partial charge in [0.2, 0.25) is 0 Å². The van der Waals surface area contributed by atoms with Gasteiger partial charge in [-0.15, -0.1) is 0 Å². The van der Waals surface area contributed by atoms with Gasteiger partial charge in [-0.3, -0.25) is 0 Å². The Balaban J connectivity index is 1.62. The fourth-order valence-electron chi connectivity index (χ4n) is 3.87. The molecule has 1 aliphatic rings. The minimum Gasteiger partial charge on any atom is -0.508 e. The molecule has 10 nitrogen and oxygen atoms in total. The zero-order chi connectivity index (χ0) is 25.4. The van der Waals surface area contributed by atoms with E-state index in [1.165, 1.54) is 19.1 Å². The summed E-state index contributed by atoms with van der Waals surface area (Å²) in [5.41, 5.74) is 1.24. The van der Waals surface area contributed by atoms with Gasteiger partial charge in [0.05, 0.1) is 11.1 Å². The standard InChI is InChI=1S/C25H22O10/c1-11-17(27)5-14(6-18(11)28)24(32)35-22-10-13-4-16(26)3-2-12(13)9-21(22)34-25(33)15-7-19(29)23(31)20(30)8-15/h2-8,21-22,26-31H,9-10H2,1H3/t21-,22+/m1/s1. The third-order valence-corrected chi connectivity index (χ3v) is 5.86. The first kappa shape index (κ1) is 23.6. The fourth-order valence-corrected chi connectivity index (χ4v) is 3.87. The second kappa shape index (κ2) is 8.98. The lowest BCUT2D eigenvalue weighted by atomic mass is 9.87. The number of hydrogen-bond acceptors (Lipinski definition) is 10. The van der Waals surface area contributed by atoms with Crippen LogP contribution in [0, 0.1) is 6.92 Å². The largest absolute Gasteiger partial charge is 0.508 e. The van der Waals surface area contributed by atoms with Gasteiger partial charge in [-0.2, -0.15) is 0 Å². The molecule has 6 N–H and O–H groups in total. The summed E-state index contributed by atoms with van der Waals surface area (Å²) in [6.45, 7) is 1.47. The van der Waals surface area contributed by atoms with E-state index in [0.29, 0.717) is 5.56 Å². The Labute approximate surface area is 198 Å². The number of phenols is 6. The molecule has 0 amide bonds. The van der Waals surface area contributed by atoms with E-state index in [4.69, 9.17) is 9.47 Å². The molecule has 0 aliphatic heterocycles. The quantitative estimate of drug-likeness (QED) is 0.240. The van der Waals surface area contributed by atoms with Gasteiger partial charge in [0.25, 0.3) is 0 Å². The lowest BCUT2D eigenvalue weighted by Gasteiger charge is -2.32. The fraction of sp³-hybridized carbons (Fsp3) is 0.200. The van der Waals surface area contributed by atoms with Crippen LogP contribution >= 0.6 is 0 Å². The second-order valence-corrected chi connectivity index (χ2v) is 8.25. The Morgan fingerprint density at radius 1 is 0.686 bits per heavy atom. The monoisotopic (exact) mass is 482 g/mol. The molecule has 182 valence electrons. The first-order valence-corrected chi connectivity index (χ1v) is 10.5. The molecule has 1 aliphatic carbocycles. The predicted octanol–water partition coefficient (Wildman–Crippen LogP) is 2.78. The number of esters is 2. The SMILES string of the molecule is Cc1c(O)cc(C(=O)O[C@H]2Cc3cc(O)ccc3C[C@H]2OC(=O)c2cc(O)c(O)c(O)c2)cc1O. The third kappa shape index (κ3) is 4.72. The topological polar surface area (TPSA) is 174 Å². The molecular formula is C25H22O10. The Morgan fingerprint density at radius 3 is 1.66 bits per heavy atom. The normalized spacial score (nSPS) is 16.8. The molecule has 3 aromatic carbocycles. The Hall–Kier alpha value is -4.60. The van der Waals surface area contributed by atoms with Gasteiger partial charge in [0, 0.05) is 18.4 Å². The maximum absolute atomic E-state index is 12.8. The van der Waals surface area contributed by atoms with Crippen molar-refractivity contribution < 1.29 is 49.7 Å². The van der Waals surface area contributed by atoms with Crippen LogP contribution in [-0.2, 0) is 22.3 Å². The van der Waals surface area contributed by atoms with Crippen molar-refractivity contribution in [2.75, 3.05) is 0 Å². The van der Waals surface area contributed by atoms with Crippen molar-refractivity contribution >= 4 is 11.9 Å². The molecule has 0 spiro atoms. The van der Waals surface area contributed by atoms with Crippen molar-refractivity contribution in [3.63, 3.8) is 0 Å². The van der Waals surface area contributed by atoms with Crippen LogP contribution in [0.1, 0.15) is 37.4 Å². The van der Waals surface area contributed by atoms with Crippen molar-refractivity contribution in [3.05, 3.63) is 70.3 Å².